The molecule has 0 radical (unpaired) electrons. The topological polar surface area (TPSA) is 87.7 Å². The SMILES string of the molecule is C#Cc1ccccc1C(C(=O)NCc1ccccc1)N(CCCC)C(=O)C(C)NC(=O)OC(C)(C)C. The molecule has 7 nitrogen and oxygen atoms in total. The van der Waals surface area contributed by atoms with Crippen LogP contribution in [0.25, 0.3) is 0 Å². The van der Waals surface area contributed by atoms with Crippen molar-refractivity contribution in [3.8, 4) is 12.3 Å². The molecule has 7 heteroatoms. The molecule has 0 aliphatic carbocycles. The second-order valence-electron chi connectivity index (χ2n) is 9.59. The molecule has 0 aliphatic rings. The molecule has 3 amide bonds. The third-order valence-corrected chi connectivity index (χ3v) is 5.42. The van der Waals surface area contributed by atoms with Gasteiger partial charge in [-0.25, -0.2) is 4.79 Å². The van der Waals surface area contributed by atoms with Crippen LogP contribution >= 0.6 is 0 Å². The molecule has 192 valence electrons. The smallest absolute Gasteiger partial charge is 0.408 e. The number of nitrogens with zero attached hydrogens (tertiary/aromatic N) is 1. The van der Waals surface area contributed by atoms with Crippen molar-refractivity contribution in [2.24, 2.45) is 0 Å². The second kappa shape index (κ2) is 13.3. The zero-order valence-corrected chi connectivity index (χ0v) is 21.8. The van der Waals surface area contributed by atoms with Crippen molar-refractivity contribution < 1.29 is 19.1 Å². The Morgan fingerprint density at radius 1 is 1.06 bits per heavy atom. The van der Waals surface area contributed by atoms with Crippen LogP contribution in [0.2, 0.25) is 0 Å². The molecule has 0 aliphatic heterocycles. The minimum Gasteiger partial charge on any atom is -0.444 e. The molecule has 0 spiro atoms. The van der Waals surface area contributed by atoms with E-state index in [-0.39, 0.29) is 5.91 Å². The van der Waals surface area contributed by atoms with Gasteiger partial charge in [0.1, 0.15) is 17.7 Å². The molecule has 36 heavy (non-hydrogen) atoms. The van der Waals surface area contributed by atoms with E-state index < -0.39 is 29.7 Å². The molecular weight excluding hydrogens is 454 g/mol. The van der Waals surface area contributed by atoms with Gasteiger partial charge >= 0.3 is 6.09 Å². The third kappa shape index (κ3) is 8.46. The van der Waals surface area contributed by atoms with Gasteiger partial charge in [-0.3, -0.25) is 9.59 Å². The lowest BCUT2D eigenvalue weighted by Crippen LogP contribution is -2.52. The molecule has 0 saturated heterocycles. The maximum atomic E-state index is 13.7. The molecule has 0 aromatic heterocycles. The normalized spacial score (nSPS) is 12.6. The van der Waals surface area contributed by atoms with Gasteiger partial charge in [0, 0.05) is 18.7 Å². The van der Waals surface area contributed by atoms with Gasteiger partial charge in [-0.05, 0) is 51.3 Å². The highest BCUT2D eigenvalue weighted by molar-refractivity contribution is 5.92. The average molecular weight is 492 g/mol. The summed E-state index contributed by atoms with van der Waals surface area (Å²) in [4.78, 5) is 41.1. The highest BCUT2D eigenvalue weighted by Gasteiger charge is 2.35. The van der Waals surface area contributed by atoms with E-state index in [1.165, 1.54) is 4.90 Å². The number of ether oxygens (including phenoxy) is 1. The van der Waals surface area contributed by atoms with E-state index in [0.717, 1.165) is 12.0 Å². The summed E-state index contributed by atoms with van der Waals surface area (Å²) < 4.78 is 5.31. The fraction of sp³-hybridized carbons (Fsp3) is 0.414. The lowest BCUT2D eigenvalue weighted by molar-refractivity contribution is -0.142. The quantitative estimate of drug-likeness (QED) is 0.477. The lowest BCUT2D eigenvalue weighted by atomic mass is 9.97. The summed E-state index contributed by atoms with van der Waals surface area (Å²) in [6, 6.07) is 14.7. The second-order valence-corrected chi connectivity index (χ2v) is 9.59. The van der Waals surface area contributed by atoms with Gasteiger partial charge in [0.05, 0.1) is 0 Å². The number of alkyl carbamates (subject to hydrolysis) is 1. The van der Waals surface area contributed by atoms with Crippen LogP contribution < -0.4 is 10.6 Å². The Kier molecular flexibility index (Phi) is 10.5. The summed E-state index contributed by atoms with van der Waals surface area (Å²) in [7, 11) is 0. The zero-order valence-electron chi connectivity index (χ0n) is 21.8. The van der Waals surface area contributed by atoms with Crippen LogP contribution in [0.4, 0.5) is 4.79 Å². The molecule has 2 aromatic rings. The molecule has 0 fully saturated rings. The van der Waals surface area contributed by atoms with Crippen LogP contribution in [0.1, 0.15) is 70.2 Å². The van der Waals surface area contributed by atoms with E-state index in [1.54, 1.807) is 52.0 Å². The summed E-state index contributed by atoms with van der Waals surface area (Å²) in [5.74, 6) is 1.88. The van der Waals surface area contributed by atoms with Crippen molar-refractivity contribution in [2.45, 2.75) is 71.7 Å². The Morgan fingerprint density at radius 3 is 2.31 bits per heavy atom. The summed E-state index contributed by atoms with van der Waals surface area (Å²) in [5.41, 5.74) is 1.31. The number of carbonyl (C=O) groups is 3. The number of amides is 3. The minimum absolute atomic E-state index is 0.302. The van der Waals surface area contributed by atoms with Crippen molar-refractivity contribution in [2.75, 3.05) is 6.54 Å². The molecule has 0 saturated carbocycles. The monoisotopic (exact) mass is 491 g/mol. The molecule has 2 atom stereocenters. The molecular formula is C29H37N3O4. The molecule has 0 bridgehead atoms. The first kappa shape index (κ1) is 28.4. The van der Waals surface area contributed by atoms with E-state index in [1.807, 2.05) is 37.3 Å². The van der Waals surface area contributed by atoms with Crippen molar-refractivity contribution in [1.82, 2.24) is 15.5 Å². The number of hydrogen-bond donors (Lipinski definition) is 2. The van der Waals surface area contributed by atoms with Crippen molar-refractivity contribution in [3.05, 3.63) is 71.3 Å². The highest BCUT2D eigenvalue weighted by Crippen LogP contribution is 2.26. The van der Waals surface area contributed by atoms with Crippen LogP contribution in [-0.4, -0.2) is 41.0 Å². The maximum absolute atomic E-state index is 13.7. The number of nitrogens with one attached hydrogen (secondary N) is 2. The fourth-order valence-corrected chi connectivity index (χ4v) is 3.69. The van der Waals surface area contributed by atoms with E-state index in [0.29, 0.717) is 30.6 Å². The number of rotatable bonds is 10. The number of benzene rings is 2. The summed E-state index contributed by atoms with van der Waals surface area (Å²) in [6.07, 6.45) is 6.54. The van der Waals surface area contributed by atoms with E-state index in [4.69, 9.17) is 11.2 Å². The van der Waals surface area contributed by atoms with E-state index in [2.05, 4.69) is 16.6 Å². The predicted molar refractivity (Wildman–Crippen MR) is 141 cm³/mol. The molecule has 2 rings (SSSR count). The van der Waals surface area contributed by atoms with Gasteiger partial charge in [-0.15, -0.1) is 6.42 Å². The Bertz CT molecular complexity index is 1070. The minimum atomic E-state index is -0.970. The van der Waals surface area contributed by atoms with Gasteiger partial charge in [0.25, 0.3) is 0 Å². The van der Waals surface area contributed by atoms with Gasteiger partial charge in [-0.1, -0.05) is 67.8 Å². The highest BCUT2D eigenvalue weighted by atomic mass is 16.6. The van der Waals surface area contributed by atoms with Crippen LogP contribution in [0.15, 0.2) is 54.6 Å². The summed E-state index contributed by atoms with van der Waals surface area (Å²) in [5, 5.41) is 5.56. The molecule has 2 N–H and O–H groups in total. The molecule has 2 aromatic carbocycles. The van der Waals surface area contributed by atoms with Gasteiger partial charge in [-0.2, -0.15) is 0 Å². The average Bonchev–Trinajstić information content (AvgIpc) is 2.84. The first-order valence-electron chi connectivity index (χ1n) is 12.2. The van der Waals surface area contributed by atoms with Gasteiger partial charge < -0.3 is 20.3 Å². The number of carbonyl (C=O) groups excluding carboxylic acids is 3. The van der Waals surface area contributed by atoms with Crippen LogP contribution in [-0.2, 0) is 20.9 Å². The number of terminal acetylenes is 1. The zero-order chi connectivity index (χ0) is 26.7. The van der Waals surface area contributed by atoms with Crippen LogP contribution in [0.5, 0.6) is 0 Å². The van der Waals surface area contributed by atoms with Gasteiger partial charge in [0.15, 0.2) is 0 Å². The van der Waals surface area contributed by atoms with Crippen molar-refractivity contribution >= 4 is 17.9 Å². The van der Waals surface area contributed by atoms with Crippen LogP contribution in [0, 0.1) is 12.3 Å². The fourth-order valence-electron chi connectivity index (χ4n) is 3.69. The van der Waals surface area contributed by atoms with Crippen molar-refractivity contribution in [1.29, 1.82) is 0 Å². The van der Waals surface area contributed by atoms with Gasteiger partial charge in [0.2, 0.25) is 11.8 Å². The summed E-state index contributed by atoms with van der Waals surface area (Å²) in [6.45, 7) is 9.44. The third-order valence-electron chi connectivity index (χ3n) is 5.42. The first-order valence-corrected chi connectivity index (χ1v) is 12.2. The number of unbranched alkanes of at least 4 members (excludes halogenated alkanes) is 1. The standard InChI is InChI=1S/C29H37N3O4/c1-7-9-19-32(27(34)21(3)31-28(35)36-29(4,5)6)25(24-18-14-13-17-23(24)8-2)26(33)30-20-22-15-11-10-12-16-22/h2,10-18,21,25H,7,9,19-20H2,1,3-6H3,(H,30,33)(H,31,35). The lowest BCUT2D eigenvalue weighted by Gasteiger charge is -2.34. The molecule has 0 heterocycles. The van der Waals surface area contributed by atoms with E-state index >= 15 is 0 Å². The maximum Gasteiger partial charge on any atom is 0.408 e. The molecule has 2 unspecified atom stereocenters. The first-order chi connectivity index (χ1) is 17.1. The van der Waals surface area contributed by atoms with Crippen LogP contribution in [0.3, 0.4) is 0 Å². The van der Waals surface area contributed by atoms with Crippen molar-refractivity contribution in [3.63, 3.8) is 0 Å². The Morgan fingerprint density at radius 2 is 1.69 bits per heavy atom. The number of hydrogen-bond acceptors (Lipinski definition) is 4. The Labute approximate surface area is 214 Å². The van der Waals surface area contributed by atoms with E-state index in [9.17, 15) is 14.4 Å². The predicted octanol–water partition coefficient (Wildman–Crippen LogP) is 4.57. The summed E-state index contributed by atoms with van der Waals surface area (Å²) >= 11 is 0. The largest absolute Gasteiger partial charge is 0.444 e. The Hall–Kier alpha value is -3.79. The Balaban J connectivity index is 2.40.